The molecule has 0 aromatic heterocycles. The summed E-state index contributed by atoms with van der Waals surface area (Å²) in [6, 6.07) is 21.1. The van der Waals surface area contributed by atoms with E-state index in [-0.39, 0.29) is 6.10 Å². The molecule has 0 bridgehead atoms. The minimum Gasteiger partial charge on any atom is -0.386 e. The summed E-state index contributed by atoms with van der Waals surface area (Å²) >= 11 is 0. The summed E-state index contributed by atoms with van der Waals surface area (Å²) in [5.41, 5.74) is 3.88. The van der Waals surface area contributed by atoms with E-state index >= 15 is 0 Å². The summed E-state index contributed by atoms with van der Waals surface area (Å²) in [6.45, 7) is 3.65. The molecule has 1 aliphatic carbocycles. The van der Waals surface area contributed by atoms with Crippen molar-refractivity contribution in [2.75, 3.05) is 7.11 Å². The summed E-state index contributed by atoms with van der Waals surface area (Å²) in [4.78, 5) is 0. The van der Waals surface area contributed by atoms with Crippen LogP contribution in [0.3, 0.4) is 0 Å². The standard InChI is InChI=1S/C13H12.C10H14O2/c1-3-7-12(8-4-1)11-13-9-5-2-6-10-13;1-3-4-8-5-6-9(11)10(7-8)12-2/h1-10H,11H2;3,5-7,9-11H,1,4H2,2H3. The van der Waals surface area contributed by atoms with Crippen LogP contribution in [-0.4, -0.2) is 24.4 Å². The number of aliphatic hydroxyl groups is 1. The molecule has 2 aromatic carbocycles. The van der Waals surface area contributed by atoms with E-state index in [4.69, 9.17) is 4.74 Å². The second-order valence-electron chi connectivity index (χ2n) is 5.93. The molecule has 2 atom stereocenters. The summed E-state index contributed by atoms with van der Waals surface area (Å²) in [5.74, 6) is 0. The molecule has 25 heavy (non-hydrogen) atoms. The van der Waals surface area contributed by atoms with E-state index in [2.05, 4.69) is 67.2 Å². The van der Waals surface area contributed by atoms with Crippen molar-refractivity contribution in [3.05, 3.63) is 108 Å². The van der Waals surface area contributed by atoms with Gasteiger partial charge in [0, 0.05) is 7.11 Å². The Kier molecular flexibility index (Phi) is 7.90. The first-order valence-electron chi connectivity index (χ1n) is 8.51. The molecule has 2 nitrogen and oxygen atoms in total. The molecular weight excluding hydrogens is 308 g/mol. The smallest absolute Gasteiger partial charge is 0.105 e. The van der Waals surface area contributed by atoms with Crippen LogP contribution in [0.5, 0.6) is 0 Å². The largest absolute Gasteiger partial charge is 0.386 e. The van der Waals surface area contributed by atoms with Crippen LogP contribution in [0.1, 0.15) is 17.5 Å². The molecule has 0 heterocycles. The van der Waals surface area contributed by atoms with Crippen molar-refractivity contribution in [1.29, 1.82) is 0 Å². The van der Waals surface area contributed by atoms with E-state index in [1.807, 2.05) is 18.2 Å². The number of aliphatic hydroxyl groups excluding tert-OH is 1. The van der Waals surface area contributed by atoms with Gasteiger partial charge in [0.1, 0.15) is 12.2 Å². The quantitative estimate of drug-likeness (QED) is 0.802. The molecular formula is C23H26O2. The molecule has 1 N–H and O–H groups in total. The van der Waals surface area contributed by atoms with Gasteiger partial charge in [0.25, 0.3) is 0 Å². The van der Waals surface area contributed by atoms with Crippen molar-refractivity contribution in [2.45, 2.75) is 25.0 Å². The molecule has 0 saturated carbocycles. The van der Waals surface area contributed by atoms with E-state index in [0.717, 1.165) is 18.4 Å². The molecule has 0 fully saturated rings. The van der Waals surface area contributed by atoms with Gasteiger partial charge in [0.2, 0.25) is 0 Å². The lowest BCUT2D eigenvalue weighted by atomic mass is 10.0. The molecule has 0 spiro atoms. The van der Waals surface area contributed by atoms with Crippen LogP contribution in [0, 0.1) is 0 Å². The minimum atomic E-state index is -0.511. The van der Waals surface area contributed by atoms with Crippen LogP contribution in [0.25, 0.3) is 0 Å². The highest BCUT2D eigenvalue weighted by Crippen LogP contribution is 2.16. The average molecular weight is 334 g/mol. The van der Waals surface area contributed by atoms with Crippen LogP contribution in [0.15, 0.2) is 97.1 Å². The highest BCUT2D eigenvalue weighted by atomic mass is 16.5. The van der Waals surface area contributed by atoms with E-state index < -0.39 is 6.10 Å². The zero-order valence-electron chi connectivity index (χ0n) is 14.7. The number of allylic oxidation sites excluding steroid dienone is 3. The van der Waals surface area contributed by atoms with Crippen molar-refractivity contribution < 1.29 is 9.84 Å². The molecule has 0 amide bonds. The molecule has 0 radical (unpaired) electrons. The predicted molar refractivity (Wildman–Crippen MR) is 105 cm³/mol. The summed E-state index contributed by atoms with van der Waals surface area (Å²) in [7, 11) is 1.59. The number of methoxy groups -OCH3 is 1. The van der Waals surface area contributed by atoms with Crippen LogP contribution in [0.4, 0.5) is 0 Å². The van der Waals surface area contributed by atoms with E-state index in [1.54, 1.807) is 13.2 Å². The van der Waals surface area contributed by atoms with Gasteiger partial charge >= 0.3 is 0 Å². The molecule has 2 unspecified atom stereocenters. The van der Waals surface area contributed by atoms with Crippen LogP contribution >= 0.6 is 0 Å². The number of benzene rings is 2. The number of rotatable bonds is 5. The van der Waals surface area contributed by atoms with E-state index in [1.165, 1.54) is 11.1 Å². The maximum atomic E-state index is 9.37. The van der Waals surface area contributed by atoms with Gasteiger partial charge in [-0.05, 0) is 35.6 Å². The molecule has 0 aliphatic heterocycles. The minimum absolute atomic E-state index is 0.204. The Morgan fingerprint density at radius 1 is 1.00 bits per heavy atom. The van der Waals surface area contributed by atoms with Gasteiger partial charge < -0.3 is 9.84 Å². The summed E-state index contributed by atoms with van der Waals surface area (Å²) < 4.78 is 5.07. The summed E-state index contributed by atoms with van der Waals surface area (Å²) in [5, 5.41) is 9.37. The monoisotopic (exact) mass is 334 g/mol. The molecule has 2 aromatic rings. The lowest BCUT2D eigenvalue weighted by Gasteiger charge is -2.20. The van der Waals surface area contributed by atoms with Crippen LogP contribution in [0.2, 0.25) is 0 Å². The lowest BCUT2D eigenvalue weighted by Crippen LogP contribution is -2.26. The van der Waals surface area contributed by atoms with Crippen LogP contribution in [-0.2, 0) is 11.2 Å². The fourth-order valence-corrected chi connectivity index (χ4v) is 2.63. The van der Waals surface area contributed by atoms with E-state index in [9.17, 15) is 5.11 Å². The Bertz CT molecular complexity index is 649. The van der Waals surface area contributed by atoms with Gasteiger partial charge in [-0.25, -0.2) is 0 Å². The molecule has 3 rings (SSSR count). The Hall–Kier alpha value is -2.42. The SMILES string of the molecule is C=CCC1=CC(OC)C(O)C=C1.c1ccc(Cc2ccccc2)cc1. The first-order chi connectivity index (χ1) is 12.2. The predicted octanol–water partition coefficient (Wildman–Crippen LogP) is 4.71. The van der Waals surface area contributed by atoms with Crippen molar-refractivity contribution in [3.63, 3.8) is 0 Å². The normalized spacial score (nSPS) is 18.7. The van der Waals surface area contributed by atoms with Gasteiger partial charge in [-0.15, -0.1) is 6.58 Å². The third-order valence-electron chi connectivity index (χ3n) is 3.97. The zero-order chi connectivity index (χ0) is 17.9. The Morgan fingerprint density at radius 3 is 2.04 bits per heavy atom. The second kappa shape index (κ2) is 10.4. The van der Waals surface area contributed by atoms with E-state index in [0.29, 0.717) is 0 Å². The molecule has 130 valence electrons. The maximum absolute atomic E-state index is 9.37. The van der Waals surface area contributed by atoms with Crippen molar-refractivity contribution >= 4 is 0 Å². The topological polar surface area (TPSA) is 29.5 Å². The van der Waals surface area contributed by atoms with Gasteiger partial charge in [0.15, 0.2) is 0 Å². The van der Waals surface area contributed by atoms with Gasteiger partial charge in [-0.3, -0.25) is 0 Å². The zero-order valence-corrected chi connectivity index (χ0v) is 14.7. The van der Waals surface area contributed by atoms with Crippen molar-refractivity contribution in [3.8, 4) is 0 Å². The molecule has 1 aliphatic rings. The van der Waals surface area contributed by atoms with Gasteiger partial charge in [-0.1, -0.05) is 78.9 Å². The van der Waals surface area contributed by atoms with Crippen molar-refractivity contribution in [1.82, 2.24) is 0 Å². The fraction of sp³-hybridized carbons (Fsp3) is 0.217. The summed E-state index contributed by atoms with van der Waals surface area (Å²) in [6.07, 6.45) is 8.54. The van der Waals surface area contributed by atoms with Crippen molar-refractivity contribution in [2.24, 2.45) is 0 Å². The Labute approximate surface area is 150 Å². The average Bonchev–Trinajstić information content (AvgIpc) is 2.66. The first kappa shape index (κ1) is 18.9. The Morgan fingerprint density at radius 2 is 1.56 bits per heavy atom. The third-order valence-corrected chi connectivity index (χ3v) is 3.97. The Balaban J connectivity index is 0.000000181. The van der Waals surface area contributed by atoms with Gasteiger partial charge in [0.05, 0.1) is 0 Å². The first-order valence-corrected chi connectivity index (χ1v) is 8.51. The number of hydrogen-bond acceptors (Lipinski definition) is 2. The highest BCUT2D eigenvalue weighted by molar-refractivity contribution is 5.29. The molecule has 0 saturated heterocycles. The van der Waals surface area contributed by atoms with Crippen LogP contribution < -0.4 is 0 Å². The highest BCUT2D eigenvalue weighted by Gasteiger charge is 2.16. The lowest BCUT2D eigenvalue weighted by molar-refractivity contribution is 0.0409. The number of ether oxygens (including phenoxy) is 1. The molecule has 2 heteroatoms. The number of hydrogen-bond donors (Lipinski definition) is 1. The second-order valence-corrected chi connectivity index (χ2v) is 5.93. The third kappa shape index (κ3) is 6.54. The van der Waals surface area contributed by atoms with Gasteiger partial charge in [-0.2, -0.15) is 0 Å². The maximum Gasteiger partial charge on any atom is 0.105 e. The fourth-order valence-electron chi connectivity index (χ4n) is 2.63.